The van der Waals surface area contributed by atoms with Crippen molar-refractivity contribution in [2.45, 2.75) is 0 Å². The average Bonchev–Trinajstić information content (AvgIpc) is 3.22. The minimum absolute atomic E-state index is 0.261. The number of anilines is 1. The van der Waals surface area contributed by atoms with Gasteiger partial charge in [-0.3, -0.25) is 0 Å². The Kier molecular flexibility index (Phi) is 4.40. The maximum atomic E-state index is 7.87. The number of fused-ring (bicyclic) bond motifs is 2. The van der Waals surface area contributed by atoms with Gasteiger partial charge in [-0.2, -0.15) is 0 Å². The molecule has 2 aliphatic rings. The van der Waals surface area contributed by atoms with Crippen molar-refractivity contribution in [1.82, 2.24) is 0 Å². The highest BCUT2D eigenvalue weighted by molar-refractivity contribution is 6.18. The van der Waals surface area contributed by atoms with E-state index in [1.54, 1.807) is 0 Å². The highest BCUT2D eigenvalue weighted by Gasteiger charge is 2.16. The van der Waals surface area contributed by atoms with E-state index < -0.39 is 0 Å². The van der Waals surface area contributed by atoms with E-state index in [1.165, 1.54) is 0 Å². The Hall–Kier alpha value is -3.79. The quantitative estimate of drug-likeness (QED) is 0.739. The molecule has 0 unspecified atom stereocenters. The molecule has 0 spiro atoms. The molecule has 0 radical (unpaired) electrons. The zero-order valence-corrected chi connectivity index (χ0v) is 17.0. The summed E-state index contributed by atoms with van der Waals surface area (Å²) in [6.07, 6.45) is 5.73. The van der Waals surface area contributed by atoms with E-state index in [0.29, 0.717) is 5.71 Å². The van der Waals surface area contributed by atoms with Crippen LogP contribution in [0.5, 0.6) is 11.5 Å². The topological polar surface area (TPSA) is 45.6 Å². The molecule has 1 aliphatic heterocycles. The summed E-state index contributed by atoms with van der Waals surface area (Å²) < 4.78 is 11.1. The van der Waals surface area contributed by atoms with Crippen LogP contribution in [0, 0.1) is 5.41 Å². The van der Waals surface area contributed by atoms with E-state index in [-0.39, 0.29) is 6.79 Å². The molecule has 0 bridgehead atoms. The van der Waals surface area contributed by atoms with E-state index >= 15 is 0 Å². The SMILES string of the molecule is CN(C)c1ccc(/C(c2ccc3c(c2)OCO3)=c2/ccc3c(c2)C=CC(=N)C=3)cc1. The van der Waals surface area contributed by atoms with Crippen molar-refractivity contribution >= 4 is 29.1 Å². The zero-order valence-electron chi connectivity index (χ0n) is 17.0. The van der Waals surface area contributed by atoms with Gasteiger partial charge in [-0.15, -0.1) is 0 Å². The molecule has 3 aromatic rings. The summed E-state index contributed by atoms with van der Waals surface area (Å²) in [4.78, 5) is 2.10. The van der Waals surface area contributed by atoms with Crippen LogP contribution in [0.1, 0.15) is 16.7 Å². The molecule has 0 fully saturated rings. The third-order valence-corrected chi connectivity index (χ3v) is 5.46. The van der Waals surface area contributed by atoms with Crippen LogP contribution < -0.4 is 24.8 Å². The fourth-order valence-electron chi connectivity index (χ4n) is 3.88. The predicted octanol–water partition coefficient (Wildman–Crippen LogP) is 3.56. The van der Waals surface area contributed by atoms with Gasteiger partial charge in [-0.1, -0.05) is 36.4 Å². The number of benzene rings is 3. The fourth-order valence-corrected chi connectivity index (χ4v) is 3.88. The molecule has 0 amide bonds. The lowest BCUT2D eigenvalue weighted by Gasteiger charge is -2.15. The van der Waals surface area contributed by atoms with Crippen molar-refractivity contribution in [3.63, 3.8) is 0 Å². The standard InChI is InChI=1S/C26H22N2O2/c1-28(2)23-10-6-17(7-11-23)26(21-8-12-24-25(15-21)30-16-29-24)20-4-3-19-14-22(27)9-5-18(19)13-20/h3-15,27H,16H2,1-2H3/b26-20+,27-22?. The summed E-state index contributed by atoms with van der Waals surface area (Å²) in [5.74, 6) is 1.55. The number of rotatable bonds is 3. The molecule has 0 saturated heterocycles. The highest BCUT2D eigenvalue weighted by Crippen LogP contribution is 2.35. The lowest BCUT2D eigenvalue weighted by molar-refractivity contribution is 0.174. The van der Waals surface area contributed by atoms with Crippen LogP contribution >= 0.6 is 0 Å². The Balaban J connectivity index is 1.75. The van der Waals surface area contributed by atoms with E-state index in [2.05, 4.69) is 59.5 Å². The second kappa shape index (κ2) is 7.23. The van der Waals surface area contributed by atoms with Gasteiger partial charge in [-0.25, -0.2) is 0 Å². The van der Waals surface area contributed by atoms with Crippen molar-refractivity contribution in [2.75, 3.05) is 25.8 Å². The maximum Gasteiger partial charge on any atom is 0.231 e. The van der Waals surface area contributed by atoms with E-state index in [0.717, 1.165) is 49.9 Å². The van der Waals surface area contributed by atoms with Gasteiger partial charge in [0.2, 0.25) is 6.79 Å². The number of hydrogen-bond donors (Lipinski definition) is 1. The number of hydrogen-bond acceptors (Lipinski definition) is 4. The van der Waals surface area contributed by atoms with Crippen molar-refractivity contribution in [2.24, 2.45) is 0 Å². The molecule has 1 N–H and O–H groups in total. The Morgan fingerprint density at radius 3 is 2.40 bits per heavy atom. The molecule has 0 aromatic heterocycles. The molecule has 3 aromatic carbocycles. The molecule has 30 heavy (non-hydrogen) atoms. The molecule has 5 rings (SSSR count). The fraction of sp³-hybridized carbons (Fsp3) is 0.115. The third kappa shape index (κ3) is 3.26. The number of allylic oxidation sites excluding steroid dienone is 1. The largest absolute Gasteiger partial charge is 0.454 e. The van der Waals surface area contributed by atoms with Gasteiger partial charge in [0.25, 0.3) is 0 Å². The van der Waals surface area contributed by atoms with Crippen molar-refractivity contribution in [3.05, 3.63) is 93.9 Å². The molecule has 0 atom stereocenters. The maximum absolute atomic E-state index is 7.87. The molecule has 148 valence electrons. The lowest BCUT2D eigenvalue weighted by Crippen LogP contribution is -2.18. The van der Waals surface area contributed by atoms with Crippen LogP contribution in [-0.2, 0) is 0 Å². The van der Waals surface area contributed by atoms with Gasteiger partial charge in [0.05, 0.1) is 5.71 Å². The predicted molar refractivity (Wildman–Crippen MR) is 122 cm³/mol. The first-order valence-electron chi connectivity index (χ1n) is 9.89. The van der Waals surface area contributed by atoms with E-state index in [4.69, 9.17) is 14.9 Å². The Morgan fingerprint density at radius 2 is 1.60 bits per heavy atom. The Bertz CT molecular complexity index is 1300. The van der Waals surface area contributed by atoms with Gasteiger partial charge < -0.3 is 19.8 Å². The molecule has 1 aliphatic carbocycles. The van der Waals surface area contributed by atoms with Crippen molar-refractivity contribution in [3.8, 4) is 11.5 Å². The van der Waals surface area contributed by atoms with E-state index in [9.17, 15) is 0 Å². The summed E-state index contributed by atoms with van der Waals surface area (Å²) in [5.41, 5.74) is 6.14. The number of ether oxygens (including phenoxy) is 2. The highest BCUT2D eigenvalue weighted by atomic mass is 16.7. The summed E-state index contributed by atoms with van der Waals surface area (Å²) in [7, 11) is 4.09. The Labute approximate surface area is 175 Å². The first-order valence-corrected chi connectivity index (χ1v) is 9.89. The smallest absolute Gasteiger partial charge is 0.231 e. The van der Waals surface area contributed by atoms with Crippen LogP contribution in [0.2, 0.25) is 0 Å². The summed E-state index contributed by atoms with van der Waals surface area (Å²) in [5, 5.41) is 10.1. The second-order valence-corrected chi connectivity index (χ2v) is 7.66. The van der Waals surface area contributed by atoms with Gasteiger partial charge in [0.1, 0.15) is 0 Å². The lowest BCUT2D eigenvalue weighted by atomic mass is 9.93. The summed E-state index contributed by atoms with van der Waals surface area (Å²) >= 11 is 0. The normalized spacial score (nSPS) is 14.8. The molecule has 4 heteroatoms. The minimum atomic E-state index is 0.261. The average molecular weight is 394 g/mol. The van der Waals surface area contributed by atoms with Crippen LogP contribution in [0.25, 0.3) is 17.7 Å². The van der Waals surface area contributed by atoms with Crippen LogP contribution in [0.3, 0.4) is 0 Å². The Morgan fingerprint density at radius 1 is 0.833 bits per heavy atom. The first-order chi connectivity index (χ1) is 14.6. The number of nitrogens with zero attached hydrogens (tertiary/aromatic N) is 1. The monoisotopic (exact) mass is 394 g/mol. The van der Waals surface area contributed by atoms with Crippen LogP contribution in [-0.4, -0.2) is 26.6 Å². The van der Waals surface area contributed by atoms with E-state index in [1.807, 2.05) is 38.4 Å². The molecule has 1 heterocycles. The third-order valence-electron chi connectivity index (χ3n) is 5.46. The second-order valence-electron chi connectivity index (χ2n) is 7.66. The number of nitrogens with one attached hydrogen (secondary N) is 1. The summed E-state index contributed by atoms with van der Waals surface area (Å²) in [6, 6.07) is 21.1. The zero-order chi connectivity index (χ0) is 20.7. The molecular weight excluding hydrogens is 372 g/mol. The first kappa shape index (κ1) is 18.3. The van der Waals surface area contributed by atoms with Gasteiger partial charge in [-0.05, 0) is 75.2 Å². The summed E-state index contributed by atoms with van der Waals surface area (Å²) in [6.45, 7) is 0.261. The van der Waals surface area contributed by atoms with Gasteiger partial charge in [0, 0.05) is 19.8 Å². The molecule has 4 nitrogen and oxygen atoms in total. The van der Waals surface area contributed by atoms with Crippen molar-refractivity contribution in [1.29, 1.82) is 5.41 Å². The van der Waals surface area contributed by atoms with Crippen molar-refractivity contribution < 1.29 is 9.47 Å². The van der Waals surface area contributed by atoms with Gasteiger partial charge >= 0.3 is 0 Å². The molecular formula is C26H22N2O2. The van der Waals surface area contributed by atoms with Crippen LogP contribution in [0.15, 0.2) is 66.7 Å². The minimum Gasteiger partial charge on any atom is -0.454 e. The van der Waals surface area contributed by atoms with Gasteiger partial charge in [0.15, 0.2) is 11.5 Å². The van der Waals surface area contributed by atoms with Crippen LogP contribution in [0.4, 0.5) is 5.69 Å². The molecule has 0 saturated carbocycles.